The average molecular weight is 276 g/mol. The Labute approximate surface area is 120 Å². The number of furan rings is 1. The molecule has 5 heteroatoms. The standard InChI is InChI=1S/C16H12N4O/c1-11-13(6-7-16(19-11)20-9-17-18-10-20)15-8-12-4-2-3-5-14(12)21-15/h2-10H,1H3. The number of benzene rings is 1. The number of para-hydroxylation sites is 1. The largest absolute Gasteiger partial charge is 0.456 e. The summed E-state index contributed by atoms with van der Waals surface area (Å²) in [6.07, 6.45) is 3.26. The third-order valence-electron chi connectivity index (χ3n) is 3.45. The van der Waals surface area contributed by atoms with Crippen molar-refractivity contribution < 1.29 is 4.42 Å². The third kappa shape index (κ3) is 1.99. The minimum atomic E-state index is 0.789. The van der Waals surface area contributed by atoms with Crippen LogP contribution in [0.15, 0.2) is 59.5 Å². The highest BCUT2D eigenvalue weighted by atomic mass is 16.3. The summed E-state index contributed by atoms with van der Waals surface area (Å²) in [5.74, 6) is 1.62. The van der Waals surface area contributed by atoms with Crippen LogP contribution in [-0.4, -0.2) is 19.7 Å². The molecule has 4 aromatic rings. The summed E-state index contributed by atoms with van der Waals surface area (Å²) in [5.41, 5.74) is 2.78. The highest BCUT2D eigenvalue weighted by Gasteiger charge is 2.10. The van der Waals surface area contributed by atoms with Crippen molar-refractivity contribution >= 4 is 11.0 Å². The molecule has 3 heterocycles. The topological polar surface area (TPSA) is 56.7 Å². The quantitative estimate of drug-likeness (QED) is 0.563. The molecular weight excluding hydrogens is 264 g/mol. The van der Waals surface area contributed by atoms with Crippen LogP contribution in [0.1, 0.15) is 5.69 Å². The lowest BCUT2D eigenvalue weighted by Crippen LogP contribution is -1.97. The molecule has 21 heavy (non-hydrogen) atoms. The van der Waals surface area contributed by atoms with Crippen molar-refractivity contribution in [2.75, 3.05) is 0 Å². The van der Waals surface area contributed by atoms with Gasteiger partial charge in [0, 0.05) is 10.9 Å². The van der Waals surface area contributed by atoms with Crippen LogP contribution in [0.3, 0.4) is 0 Å². The second-order valence-electron chi connectivity index (χ2n) is 4.82. The molecule has 0 aliphatic rings. The van der Waals surface area contributed by atoms with Crippen LogP contribution in [0.5, 0.6) is 0 Å². The van der Waals surface area contributed by atoms with Crippen LogP contribution in [0.25, 0.3) is 28.1 Å². The monoisotopic (exact) mass is 276 g/mol. The molecule has 0 amide bonds. The van der Waals surface area contributed by atoms with Gasteiger partial charge >= 0.3 is 0 Å². The Balaban J connectivity index is 1.81. The first-order valence-electron chi connectivity index (χ1n) is 6.63. The van der Waals surface area contributed by atoms with Gasteiger partial charge in [-0.2, -0.15) is 0 Å². The number of pyridine rings is 1. The van der Waals surface area contributed by atoms with E-state index in [0.29, 0.717) is 0 Å². The van der Waals surface area contributed by atoms with Gasteiger partial charge in [-0.05, 0) is 31.2 Å². The van der Waals surface area contributed by atoms with Gasteiger partial charge in [-0.15, -0.1) is 10.2 Å². The number of hydrogen-bond acceptors (Lipinski definition) is 4. The first-order valence-corrected chi connectivity index (χ1v) is 6.63. The maximum atomic E-state index is 5.89. The summed E-state index contributed by atoms with van der Waals surface area (Å²) in [4.78, 5) is 4.59. The van der Waals surface area contributed by atoms with Gasteiger partial charge in [0.05, 0.1) is 5.69 Å². The number of rotatable bonds is 2. The highest BCUT2D eigenvalue weighted by molar-refractivity contribution is 5.83. The lowest BCUT2D eigenvalue weighted by atomic mass is 10.1. The Kier molecular flexibility index (Phi) is 2.57. The summed E-state index contributed by atoms with van der Waals surface area (Å²) in [5, 5.41) is 8.68. The second kappa shape index (κ2) is 4.56. The van der Waals surface area contributed by atoms with E-state index in [1.165, 1.54) is 0 Å². The molecule has 0 spiro atoms. The summed E-state index contributed by atoms with van der Waals surface area (Å²) in [6.45, 7) is 1.97. The highest BCUT2D eigenvalue weighted by Crippen LogP contribution is 2.29. The molecule has 0 bridgehead atoms. The Bertz CT molecular complexity index is 876. The molecule has 102 valence electrons. The maximum Gasteiger partial charge on any atom is 0.139 e. The minimum Gasteiger partial charge on any atom is -0.456 e. The number of aryl methyl sites for hydroxylation is 1. The predicted molar refractivity (Wildman–Crippen MR) is 79.1 cm³/mol. The maximum absolute atomic E-state index is 5.89. The summed E-state index contributed by atoms with van der Waals surface area (Å²) >= 11 is 0. The van der Waals surface area contributed by atoms with Crippen molar-refractivity contribution in [3.05, 3.63) is 60.8 Å². The zero-order chi connectivity index (χ0) is 14.2. The lowest BCUT2D eigenvalue weighted by Gasteiger charge is -2.05. The van der Waals surface area contributed by atoms with Crippen LogP contribution in [0.2, 0.25) is 0 Å². The first kappa shape index (κ1) is 11.8. The Morgan fingerprint density at radius 2 is 1.81 bits per heavy atom. The van der Waals surface area contributed by atoms with Gasteiger partial charge in [-0.25, -0.2) is 4.98 Å². The fourth-order valence-corrected chi connectivity index (χ4v) is 2.39. The zero-order valence-electron chi connectivity index (χ0n) is 11.4. The fourth-order valence-electron chi connectivity index (χ4n) is 2.39. The molecule has 0 atom stereocenters. The van der Waals surface area contributed by atoms with E-state index in [4.69, 9.17) is 4.42 Å². The number of hydrogen-bond donors (Lipinski definition) is 0. The van der Waals surface area contributed by atoms with E-state index in [9.17, 15) is 0 Å². The van der Waals surface area contributed by atoms with Crippen LogP contribution >= 0.6 is 0 Å². The number of aromatic nitrogens is 4. The molecule has 0 radical (unpaired) electrons. The van der Waals surface area contributed by atoms with Crippen molar-refractivity contribution in [2.45, 2.75) is 6.92 Å². The van der Waals surface area contributed by atoms with E-state index in [1.807, 2.05) is 49.4 Å². The second-order valence-corrected chi connectivity index (χ2v) is 4.82. The predicted octanol–water partition coefficient (Wildman–Crippen LogP) is 3.38. The summed E-state index contributed by atoms with van der Waals surface area (Å²) in [7, 11) is 0. The third-order valence-corrected chi connectivity index (χ3v) is 3.45. The van der Waals surface area contributed by atoms with Crippen LogP contribution in [0.4, 0.5) is 0 Å². The fraction of sp³-hybridized carbons (Fsp3) is 0.0625. The van der Waals surface area contributed by atoms with Crippen molar-refractivity contribution in [2.24, 2.45) is 0 Å². The summed E-state index contributed by atoms with van der Waals surface area (Å²) < 4.78 is 7.67. The molecule has 4 rings (SSSR count). The van der Waals surface area contributed by atoms with Gasteiger partial charge in [0.1, 0.15) is 29.8 Å². The Morgan fingerprint density at radius 1 is 1.00 bits per heavy atom. The smallest absolute Gasteiger partial charge is 0.139 e. The molecule has 0 saturated heterocycles. The normalized spacial score (nSPS) is 11.1. The molecule has 0 N–H and O–H groups in total. The van der Waals surface area contributed by atoms with Crippen molar-refractivity contribution in [3.8, 4) is 17.1 Å². The van der Waals surface area contributed by atoms with Crippen LogP contribution in [0, 0.1) is 6.92 Å². The average Bonchev–Trinajstić information content (AvgIpc) is 3.16. The molecule has 0 unspecified atom stereocenters. The van der Waals surface area contributed by atoms with Gasteiger partial charge < -0.3 is 4.42 Å². The Hall–Kier alpha value is -2.95. The zero-order valence-corrected chi connectivity index (χ0v) is 11.4. The SMILES string of the molecule is Cc1nc(-n2cnnc2)ccc1-c1cc2ccccc2o1. The van der Waals surface area contributed by atoms with E-state index >= 15 is 0 Å². The van der Waals surface area contributed by atoms with Gasteiger partial charge in [0.15, 0.2) is 0 Å². The van der Waals surface area contributed by atoms with E-state index in [0.717, 1.165) is 33.8 Å². The Morgan fingerprint density at radius 3 is 2.57 bits per heavy atom. The molecule has 1 aromatic carbocycles. The molecule has 3 aromatic heterocycles. The lowest BCUT2D eigenvalue weighted by molar-refractivity contribution is 0.630. The van der Waals surface area contributed by atoms with Crippen molar-refractivity contribution in [1.29, 1.82) is 0 Å². The van der Waals surface area contributed by atoms with E-state index in [2.05, 4.69) is 15.2 Å². The van der Waals surface area contributed by atoms with E-state index < -0.39 is 0 Å². The van der Waals surface area contributed by atoms with Gasteiger partial charge in [0.25, 0.3) is 0 Å². The molecule has 0 fully saturated rings. The van der Waals surface area contributed by atoms with Crippen molar-refractivity contribution in [1.82, 2.24) is 19.7 Å². The van der Waals surface area contributed by atoms with Gasteiger partial charge in [-0.1, -0.05) is 18.2 Å². The summed E-state index contributed by atoms with van der Waals surface area (Å²) in [6, 6.07) is 14.0. The van der Waals surface area contributed by atoms with E-state index in [1.54, 1.807) is 17.2 Å². The van der Waals surface area contributed by atoms with Crippen LogP contribution < -0.4 is 0 Å². The molecular formula is C16H12N4O. The molecule has 5 nitrogen and oxygen atoms in total. The van der Waals surface area contributed by atoms with Gasteiger partial charge in [-0.3, -0.25) is 4.57 Å². The number of nitrogens with zero attached hydrogens (tertiary/aromatic N) is 4. The molecule has 0 aliphatic heterocycles. The molecule has 0 aliphatic carbocycles. The van der Waals surface area contributed by atoms with Gasteiger partial charge in [0.2, 0.25) is 0 Å². The molecule has 0 saturated carbocycles. The van der Waals surface area contributed by atoms with Crippen LogP contribution in [-0.2, 0) is 0 Å². The first-order chi connectivity index (χ1) is 10.3. The number of fused-ring (bicyclic) bond motifs is 1. The van der Waals surface area contributed by atoms with Crippen molar-refractivity contribution in [3.63, 3.8) is 0 Å². The van der Waals surface area contributed by atoms with E-state index in [-0.39, 0.29) is 0 Å². The minimum absolute atomic E-state index is 0.789.